The minimum Gasteiger partial charge on any atom is -0.469 e. The number of esters is 1. The van der Waals surface area contributed by atoms with Crippen molar-refractivity contribution in [1.29, 1.82) is 0 Å². The molecule has 1 N–H and O–H groups in total. The van der Waals surface area contributed by atoms with E-state index in [2.05, 4.69) is 45.4 Å². The van der Waals surface area contributed by atoms with E-state index in [1.165, 1.54) is 12.5 Å². The molecule has 1 aliphatic rings. The lowest BCUT2D eigenvalue weighted by Crippen LogP contribution is -2.47. The molecule has 6 heteroatoms. The number of carbonyl (C=O) groups excluding carboxylic acids is 2. The average molecular weight is 446 g/mol. The third kappa shape index (κ3) is 5.52. The van der Waals surface area contributed by atoms with Crippen LogP contribution in [-0.4, -0.2) is 56.6 Å². The number of amides is 1. The fraction of sp³-hybridized carbons (Fsp3) is 0.333. The van der Waals surface area contributed by atoms with Crippen LogP contribution in [0.4, 0.5) is 5.69 Å². The molecule has 1 aliphatic heterocycles. The minimum atomic E-state index is -0.172. The fourth-order valence-corrected chi connectivity index (χ4v) is 4.41. The first-order valence-electron chi connectivity index (χ1n) is 11.5. The van der Waals surface area contributed by atoms with Crippen molar-refractivity contribution in [2.45, 2.75) is 19.4 Å². The maximum Gasteiger partial charge on any atom is 0.306 e. The van der Waals surface area contributed by atoms with Gasteiger partial charge in [-0.3, -0.25) is 14.5 Å². The number of benzene rings is 3. The van der Waals surface area contributed by atoms with E-state index in [-0.39, 0.29) is 17.9 Å². The van der Waals surface area contributed by atoms with Crippen LogP contribution in [0.25, 0.3) is 10.8 Å². The molecule has 33 heavy (non-hydrogen) atoms. The van der Waals surface area contributed by atoms with Gasteiger partial charge < -0.3 is 15.0 Å². The molecule has 172 valence electrons. The summed E-state index contributed by atoms with van der Waals surface area (Å²) < 4.78 is 4.73. The Hall–Kier alpha value is -3.38. The third-order valence-corrected chi connectivity index (χ3v) is 6.34. The molecule has 0 spiro atoms. The summed E-state index contributed by atoms with van der Waals surface area (Å²) in [6.45, 7) is 6.22. The van der Waals surface area contributed by atoms with Crippen molar-refractivity contribution >= 4 is 28.3 Å². The van der Waals surface area contributed by atoms with Crippen LogP contribution in [0, 0.1) is 0 Å². The Morgan fingerprint density at radius 3 is 2.48 bits per heavy atom. The summed E-state index contributed by atoms with van der Waals surface area (Å²) >= 11 is 0. The zero-order valence-corrected chi connectivity index (χ0v) is 19.3. The first-order chi connectivity index (χ1) is 16.0. The lowest BCUT2D eigenvalue weighted by Gasteiger charge is -2.36. The fourth-order valence-electron chi connectivity index (χ4n) is 4.41. The van der Waals surface area contributed by atoms with Crippen LogP contribution in [0.2, 0.25) is 0 Å². The maximum absolute atomic E-state index is 13.0. The van der Waals surface area contributed by atoms with Crippen molar-refractivity contribution in [3.05, 3.63) is 77.9 Å². The smallest absolute Gasteiger partial charge is 0.306 e. The maximum atomic E-state index is 13.0. The second kappa shape index (κ2) is 10.5. The number of methoxy groups -OCH3 is 1. The van der Waals surface area contributed by atoms with Crippen LogP contribution >= 0.6 is 0 Å². The molecule has 0 aromatic heterocycles. The first kappa shape index (κ1) is 22.8. The van der Waals surface area contributed by atoms with E-state index in [9.17, 15) is 9.59 Å². The number of rotatable bonds is 7. The van der Waals surface area contributed by atoms with Gasteiger partial charge in [-0.1, -0.05) is 48.5 Å². The van der Waals surface area contributed by atoms with Crippen molar-refractivity contribution in [3.8, 4) is 0 Å². The molecule has 3 aromatic carbocycles. The van der Waals surface area contributed by atoms with Crippen LogP contribution in [0.1, 0.15) is 35.3 Å². The van der Waals surface area contributed by atoms with E-state index in [1.807, 2.05) is 43.3 Å². The van der Waals surface area contributed by atoms with Gasteiger partial charge in [0.15, 0.2) is 0 Å². The number of nitrogens with one attached hydrogen (secondary N) is 1. The minimum absolute atomic E-state index is 0.0750. The summed E-state index contributed by atoms with van der Waals surface area (Å²) in [6, 6.07) is 22.2. The number of ether oxygens (including phenoxy) is 1. The Balaban J connectivity index is 1.38. The summed E-state index contributed by atoms with van der Waals surface area (Å²) in [5.41, 5.74) is 2.82. The summed E-state index contributed by atoms with van der Waals surface area (Å²) in [5, 5.41) is 5.49. The monoisotopic (exact) mass is 445 g/mol. The molecule has 1 saturated heterocycles. The summed E-state index contributed by atoms with van der Waals surface area (Å²) in [4.78, 5) is 29.0. The van der Waals surface area contributed by atoms with Gasteiger partial charge in [0.05, 0.1) is 19.6 Å². The molecule has 0 saturated carbocycles. The van der Waals surface area contributed by atoms with Crippen molar-refractivity contribution in [2.24, 2.45) is 0 Å². The Morgan fingerprint density at radius 1 is 0.970 bits per heavy atom. The first-order valence-corrected chi connectivity index (χ1v) is 11.5. The molecule has 1 fully saturated rings. The zero-order valence-electron chi connectivity index (χ0n) is 19.3. The summed E-state index contributed by atoms with van der Waals surface area (Å²) in [6.07, 6.45) is 0.418. The Kier molecular flexibility index (Phi) is 7.25. The molecule has 1 unspecified atom stereocenters. The van der Waals surface area contributed by atoms with E-state index in [0.29, 0.717) is 12.0 Å². The van der Waals surface area contributed by atoms with Gasteiger partial charge in [0.2, 0.25) is 0 Å². The van der Waals surface area contributed by atoms with Gasteiger partial charge in [0, 0.05) is 44.0 Å². The van der Waals surface area contributed by atoms with E-state index in [0.717, 1.165) is 49.4 Å². The number of hydrogen-bond donors (Lipinski definition) is 1. The number of fused-ring (bicyclic) bond motifs is 1. The number of hydrogen-bond acceptors (Lipinski definition) is 5. The lowest BCUT2D eigenvalue weighted by atomic mass is 9.99. The zero-order chi connectivity index (χ0) is 23.2. The molecule has 1 amide bonds. The molecule has 1 atom stereocenters. The molecule has 3 aromatic rings. The second-order valence-electron chi connectivity index (χ2n) is 8.47. The van der Waals surface area contributed by atoms with Crippen LogP contribution in [0.3, 0.4) is 0 Å². The highest BCUT2D eigenvalue weighted by Gasteiger charge is 2.19. The van der Waals surface area contributed by atoms with Crippen LogP contribution in [-0.2, 0) is 9.53 Å². The standard InChI is InChI=1S/C27H31N3O3/c1-20(24-12-6-8-21-7-3-4-11-25(21)24)28-27(32)22-9-5-10-23(19-22)30-17-15-29(16-18-30)14-13-26(31)33-2/h3-12,19-20H,13-18H2,1-2H3,(H,28,32). The van der Waals surface area contributed by atoms with Crippen LogP contribution in [0.5, 0.6) is 0 Å². The molecule has 4 rings (SSSR count). The molecular formula is C27H31N3O3. The highest BCUT2D eigenvalue weighted by molar-refractivity contribution is 5.96. The number of piperazine rings is 1. The molecule has 6 nitrogen and oxygen atoms in total. The lowest BCUT2D eigenvalue weighted by molar-refractivity contribution is -0.141. The SMILES string of the molecule is COC(=O)CCN1CCN(c2cccc(C(=O)NC(C)c3cccc4ccccc34)c2)CC1. The van der Waals surface area contributed by atoms with Gasteiger partial charge in [-0.2, -0.15) is 0 Å². The quantitative estimate of drug-likeness (QED) is 0.557. The molecule has 1 heterocycles. The highest BCUT2D eigenvalue weighted by Crippen LogP contribution is 2.25. The molecule has 0 radical (unpaired) electrons. The van der Waals surface area contributed by atoms with Gasteiger partial charge in [0.1, 0.15) is 0 Å². The summed E-state index contributed by atoms with van der Waals surface area (Å²) in [5.74, 6) is -0.247. The van der Waals surface area contributed by atoms with Crippen molar-refractivity contribution in [1.82, 2.24) is 10.2 Å². The van der Waals surface area contributed by atoms with Crippen molar-refractivity contribution in [2.75, 3.05) is 44.7 Å². The number of carbonyl (C=O) groups is 2. The van der Waals surface area contributed by atoms with E-state index in [4.69, 9.17) is 4.74 Å². The molecular weight excluding hydrogens is 414 g/mol. The van der Waals surface area contributed by atoms with Gasteiger partial charge >= 0.3 is 5.97 Å². The van der Waals surface area contributed by atoms with Crippen LogP contribution in [0.15, 0.2) is 66.7 Å². The average Bonchev–Trinajstić information content (AvgIpc) is 2.87. The number of nitrogens with zero attached hydrogens (tertiary/aromatic N) is 2. The van der Waals surface area contributed by atoms with Crippen molar-refractivity contribution in [3.63, 3.8) is 0 Å². The Bertz CT molecular complexity index is 1120. The van der Waals surface area contributed by atoms with Gasteiger partial charge in [-0.05, 0) is 41.5 Å². The normalized spacial score (nSPS) is 15.3. The van der Waals surface area contributed by atoms with E-state index >= 15 is 0 Å². The Morgan fingerprint density at radius 2 is 1.70 bits per heavy atom. The van der Waals surface area contributed by atoms with Gasteiger partial charge in [-0.25, -0.2) is 0 Å². The Labute approximate surface area is 195 Å². The predicted molar refractivity (Wildman–Crippen MR) is 132 cm³/mol. The predicted octanol–water partition coefficient (Wildman–Crippen LogP) is 4.02. The number of anilines is 1. The third-order valence-electron chi connectivity index (χ3n) is 6.34. The van der Waals surface area contributed by atoms with Gasteiger partial charge in [0.25, 0.3) is 5.91 Å². The van der Waals surface area contributed by atoms with Gasteiger partial charge in [-0.15, -0.1) is 0 Å². The molecule has 0 aliphatic carbocycles. The summed E-state index contributed by atoms with van der Waals surface area (Å²) in [7, 11) is 1.42. The van der Waals surface area contributed by atoms with E-state index in [1.54, 1.807) is 0 Å². The van der Waals surface area contributed by atoms with E-state index < -0.39 is 0 Å². The largest absolute Gasteiger partial charge is 0.469 e. The molecule has 0 bridgehead atoms. The van der Waals surface area contributed by atoms with Crippen molar-refractivity contribution < 1.29 is 14.3 Å². The topological polar surface area (TPSA) is 61.9 Å². The second-order valence-corrected chi connectivity index (χ2v) is 8.47. The highest BCUT2D eigenvalue weighted by atomic mass is 16.5. The van der Waals surface area contributed by atoms with Crippen LogP contribution < -0.4 is 10.2 Å².